The first-order valence-electron chi connectivity index (χ1n) is 6.21. The van der Waals surface area contributed by atoms with E-state index < -0.39 is 0 Å². The Morgan fingerprint density at radius 2 is 1.19 bits per heavy atom. The average molecular weight is 302 g/mol. The van der Waals surface area contributed by atoms with Gasteiger partial charge in [0.25, 0.3) is 0 Å². The van der Waals surface area contributed by atoms with Crippen molar-refractivity contribution in [1.82, 2.24) is 9.97 Å². The van der Waals surface area contributed by atoms with Crippen LogP contribution in [0.5, 0.6) is 0 Å². The van der Waals surface area contributed by atoms with Crippen LogP contribution >= 0.6 is 11.8 Å². The molecule has 0 saturated heterocycles. The van der Waals surface area contributed by atoms with Crippen molar-refractivity contribution in [2.45, 2.75) is 0 Å². The lowest BCUT2D eigenvalue weighted by atomic mass is 10.4. The lowest BCUT2D eigenvalue weighted by molar-refractivity contribution is -0.114. The largest absolute Gasteiger partial charge is 0.325 e. The summed E-state index contributed by atoms with van der Waals surface area (Å²) in [6, 6.07) is 6.83. The minimum atomic E-state index is -0.150. The van der Waals surface area contributed by atoms with Crippen LogP contribution in [0.1, 0.15) is 0 Å². The molecule has 2 N–H and O–H groups in total. The van der Waals surface area contributed by atoms with Gasteiger partial charge >= 0.3 is 0 Å². The Balaban J connectivity index is 1.67. The first kappa shape index (κ1) is 15.0. The summed E-state index contributed by atoms with van der Waals surface area (Å²) in [7, 11) is 0. The number of amides is 2. The van der Waals surface area contributed by atoms with E-state index in [0.717, 1.165) is 0 Å². The number of thioether (sulfide) groups is 1. The quantitative estimate of drug-likeness (QED) is 0.850. The second-order valence-electron chi connectivity index (χ2n) is 4.06. The number of nitrogens with one attached hydrogen (secondary N) is 2. The van der Waals surface area contributed by atoms with Crippen LogP contribution in [0, 0.1) is 0 Å². The highest BCUT2D eigenvalue weighted by molar-refractivity contribution is 8.00. The molecule has 108 valence electrons. The molecule has 0 fully saturated rings. The first-order valence-corrected chi connectivity index (χ1v) is 7.37. The van der Waals surface area contributed by atoms with Crippen LogP contribution in [0.15, 0.2) is 49.1 Å². The van der Waals surface area contributed by atoms with Crippen molar-refractivity contribution in [2.24, 2.45) is 0 Å². The monoisotopic (exact) mass is 302 g/mol. The van der Waals surface area contributed by atoms with Gasteiger partial charge in [-0.25, -0.2) is 0 Å². The molecule has 2 aromatic heterocycles. The number of rotatable bonds is 6. The molecule has 2 amide bonds. The minimum Gasteiger partial charge on any atom is -0.325 e. The molecule has 0 atom stereocenters. The van der Waals surface area contributed by atoms with Crippen molar-refractivity contribution in [3.05, 3.63) is 49.1 Å². The Kier molecular flexibility index (Phi) is 5.71. The van der Waals surface area contributed by atoms with Gasteiger partial charge in [0.05, 0.1) is 11.5 Å². The maximum atomic E-state index is 11.7. The fourth-order valence-electron chi connectivity index (χ4n) is 1.50. The molecule has 0 bridgehead atoms. The summed E-state index contributed by atoms with van der Waals surface area (Å²) in [4.78, 5) is 31.0. The van der Waals surface area contributed by atoms with Crippen molar-refractivity contribution in [3.63, 3.8) is 0 Å². The Morgan fingerprint density at radius 1 is 0.810 bits per heavy atom. The molecule has 0 unspecified atom stereocenters. The molecule has 21 heavy (non-hydrogen) atoms. The Hall–Kier alpha value is -2.41. The minimum absolute atomic E-state index is 0.150. The van der Waals surface area contributed by atoms with Gasteiger partial charge in [-0.3, -0.25) is 19.6 Å². The number of carbonyl (C=O) groups is 2. The predicted molar refractivity (Wildman–Crippen MR) is 83.1 cm³/mol. The van der Waals surface area contributed by atoms with Crippen LogP contribution in [0.4, 0.5) is 11.4 Å². The summed E-state index contributed by atoms with van der Waals surface area (Å²) >= 11 is 1.25. The van der Waals surface area contributed by atoms with E-state index in [0.29, 0.717) is 11.4 Å². The van der Waals surface area contributed by atoms with E-state index in [1.807, 2.05) is 0 Å². The second-order valence-corrected chi connectivity index (χ2v) is 5.05. The fourth-order valence-corrected chi connectivity index (χ4v) is 2.12. The van der Waals surface area contributed by atoms with Crippen LogP contribution in [-0.4, -0.2) is 33.3 Å². The summed E-state index contributed by atoms with van der Waals surface area (Å²) in [6.45, 7) is 0. The standard InChI is InChI=1S/C14H14N4O2S/c19-13(17-11-1-5-15-6-2-11)9-21-10-14(20)18-12-3-7-16-8-4-12/h1-8H,9-10H2,(H,15,17,19)(H,16,18,20). The highest BCUT2D eigenvalue weighted by Crippen LogP contribution is 2.08. The van der Waals surface area contributed by atoms with E-state index in [1.54, 1.807) is 49.1 Å². The molecule has 0 saturated carbocycles. The summed E-state index contributed by atoms with van der Waals surface area (Å²) in [5.74, 6) is 0.129. The van der Waals surface area contributed by atoms with Gasteiger partial charge in [-0.1, -0.05) is 0 Å². The topological polar surface area (TPSA) is 84.0 Å². The number of pyridine rings is 2. The lowest BCUT2D eigenvalue weighted by Gasteiger charge is -2.05. The second kappa shape index (κ2) is 8.01. The van der Waals surface area contributed by atoms with Gasteiger partial charge in [-0.05, 0) is 24.3 Å². The maximum absolute atomic E-state index is 11.7. The van der Waals surface area contributed by atoms with Crippen LogP contribution in [0.25, 0.3) is 0 Å². The van der Waals surface area contributed by atoms with E-state index in [1.165, 1.54) is 11.8 Å². The summed E-state index contributed by atoms with van der Waals surface area (Å²) < 4.78 is 0. The van der Waals surface area contributed by atoms with Crippen LogP contribution in [-0.2, 0) is 9.59 Å². The molecular weight excluding hydrogens is 288 g/mol. The molecule has 0 aliphatic carbocycles. The molecule has 0 aromatic carbocycles. The Bertz CT molecular complexity index is 539. The number of carbonyl (C=O) groups excluding carboxylic acids is 2. The number of anilines is 2. The molecule has 0 spiro atoms. The predicted octanol–water partition coefficient (Wildman–Crippen LogP) is 1.79. The van der Waals surface area contributed by atoms with E-state index in [-0.39, 0.29) is 23.3 Å². The molecule has 6 nitrogen and oxygen atoms in total. The van der Waals surface area contributed by atoms with Crippen molar-refractivity contribution in [3.8, 4) is 0 Å². The third-order valence-corrected chi connectivity index (χ3v) is 3.33. The first-order chi connectivity index (χ1) is 10.2. The molecule has 7 heteroatoms. The zero-order valence-corrected chi connectivity index (χ0v) is 12.0. The molecule has 2 rings (SSSR count). The Labute approximate surface area is 126 Å². The van der Waals surface area contributed by atoms with Crippen LogP contribution in [0.3, 0.4) is 0 Å². The SMILES string of the molecule is O=C(CSCC(=O)Nc1ccncc1)Nc1ccncc1. The zero-order chi connectivity index (χ0) is 14.9. The van der Waals surface area contributed by atoms with E-state index in [2.05, 4.69) is 20.6 Å². The molecule has 2 heterocycles. The van der Waals surface area contributed by atoms with E-state index >= 15 is 0 Å². The third kappa shape index (κ3) is 5.62. The van der Waals surface area contributed by atoms with E-state index in [4.69, 9.17) is 0 Å². The highest BCUT2D eigenvalue weighted by atomic mass is 32.2. The summed E-state index contributed by atoms with van der Waals surface area (Å²) in [5.41, 5.74) is 1.38. The lowest BCUT2D eigenvalue weighted by Crippen LogP contribution is -2.18. The molecule has 2 aromatic rings. The van der Waals surface area contributed by atoms with E-state index in [9.17, 15) is 9.59 Å². The Morgan fingerprint density at radius 3 is 1.57 bits per heavy atom. The van der Waals surface area contributed by atoms with Gasteiger partial charge in [0.15, 0.2) is 0 Å². The normalized spacial score (nSPS) is 9.90. The number of nitrogens with zero attached hydrogens (tertiary/aromatic N) is 2. The van der Waals surface area contributed by atoms with Crippen molar-refractivity contribution in [2.75, 3.05) is 22.1 Å². The average Bonchev–Trinajstić information content (AvgIpc) is 2.49. The number of hydrogen-bond donors (Lipinski definition) is 2. The van der Waals surface area contributed by atoms with Crippen LogP contribution < -0.4 is 10.6 Å². The van der Waals surface area contributed by atoms with Gasteiger partial charge in [0.1, 0.15) is 0 Å². The molecular formula is C14H14N4O2S. The third-order valence-electron chi connectivity index (χ3n) is 2.39. The molecule has 0 aliphatic heterocycles. The van der Waals surface area contributed by atoms with Crippen LogP contribution in [0.2, 0.25) is 0 Å². The molecule has 0 radical (unpaired) electrons. The van der Waals surface area contributed by atoms with Crippen molar-refractivity contribution < 1.29 is 9.59 Å². The summed E-state index contributed by atoms with van der Waals surface area (Å²) in [5, 5.41) is 5.45. The van der Waals surface area contributed by atoms with Gasteiger partial charge in [-0.15, -0.1) is 11.8 Å². The highest BCUT2D eigenvalue weighted by Gasteiger charge is 2.06. The van der Waals surface area contributed by atoms with Gasteiger partial charge in [-0.2, -0.15) is 0 Å². The van der Waals surface area contributed by atoms with Crippen molar-refractivity contribution >= 4 is 35.0 Å². The number of aromatic nitrogens is 2. The van der Waals surface area contributed by atoms with Gasteiger partial charge in [0, 0.05) is 36.2 Å². The smallest absolute Gasteiger partial charge is 0.234 e. The van der Waals surface area contributed by atoms with Crippen molar-refractivity contribution in [1.29, 1.82) is 0 Å². The van der Waals surface area contributed by atoms with Gasteiger partial charge in [0.2, 0.25) is 11.8 Å². The van der Waals surface area contributed by atoms with Gasteiger partial charge < -0.3 is 10.6 Å². The zero-order valence-electron chi connectivity index (χ0n) is 11.2. The number of hydrogen-bond acceptors (Lipinski definition) is 5. The maximum Gasteiger partial charge on any atom is 0.234 e. The fraction of sp³-hybridized carbons (Fsp3) is 0.143. The summed E-state index contributed by atoms with van der Waals surface area (Å²) in [6.07, 6.45) is 6.41. The molecule has 0 aliphatic rings.